The predicted molar refractivity (Wildman–Crippen MR) is 114 cm³/mol. The van der Waals surface area contributed by atoms with Crippen molar-refractivity contribution in [1.82, 2.24) is 9.55 Å². The number of anilines is 2. The molecule has 1 N–H and O–H groups in total. The second kappa shape index (κ2) is 7.72. The number of nitrogens with zero attached hydrogens (tertiary/aromatic N) is 3. The first kappa shape index (κ1) is 19.2. The Morgan fingerprint density at radius 2 is 1.86 bits per heavy atom. The van der Waals surface area contributed by atoms with Crippen molar-refractivity contribution < 1.29 is 9.59 Å². The van der Waals surface area contributed by atoms with Gasteiger partial charge in [0.2, 0.25) is 11.8 Å². The zero-order valence-corrected chi connectivity index (χ0v) is 17.0. The van der Waals surface area contributed by atoms with Crippen LogP contribution in [0.1, 0.15) is 17.8 Å². The van der Waals surface area contributed by atoms with Crippen molar-refractivity contribution in [2.24, 2.45) is 5.92 Å². The summed E-state index contributed by atoms with van der Waals surface area (Å²) in [5.41, 5.74) is 4.37. The van der Waals surface area contributed by atoms with Crippen LogP contribution in [0.15, 0.2) is 54.9 Å². The SMILES string of the molecule is Cc1ncn(-c2ccc(NC(=O)C3CC(=O)N(c4ccccc4Cl)C3)cc2)c1C. The van der Waals surface area contributed by atoms with Crippen LogP contribution in [-0.4, -0.2) is 27.9 Å². The van der Waals surface area contributed by atoms with E-state index in [2.05, 4.69) is 10.3 Å². The van der Waals surface area contributed by atoms with Gasteiger partial charge in [0.1, 0.15) is 0 Å². The van der Waals surface area contributed by atoms with E-state index in [9.17, 15) is 9.59 Å². The molecule has 1 aromatic heterocycles. The van der Waals surface area contributed by atoms with Crippen molar-refractivity contribution in [2.45, 2.75) is 20.3 Å². The average Bonchev–Trinajstić information content (AvgIpc) is 3.26. The standard InChI is InChI=1S/C22H21ClN4O2/c1-14-15(2)27(13-24-14)18-9-7-17(8-10-18)25-22(29)16-11-21(28)26(12-16)20-6-4-3-5-19(20)23/h3-10,13,16H,11-12H2,1-2H3,(H,25,29). The van der Waals surface area contributed by atoms with E-state index in [4.69, 9.17) is 11.6 Å². The van der Waals surface area contributed by atoms with Gasteiger partial charge < -0.3 is 14.8 Å². The number of rotatable bonds is 4. The number of hydrogen-bond donors (Lipinski definition) is 1. The van der Waals surface area contributed by atoms with Gasteiger partial charge in [-0.15, -0.1) is 0 Å². The summed E-state index contributed by atoms with van der Waals surface area (Å²) < 4.78 is 2.00. The lowest BCUT2D eigenvalue weighted by molar-refractivity contribution is -0.122. The molecule has 0 saturated carbocycles. The number of carbonyl (C=O) groups is 2. The predicted octanol–water partition coefficient (Wildman–Crippen LogP) is 4.13. The van der Waals surface area contributed by atoms with Crippen molar-refractivity contribution in [1.29, 1.82) is 0 Å². The van der Waals surface area contributed by atoms with E-state index >= 15 is 0 Å². The molecule has 1 aliphatic heterocycles. The van der Waals surface area contributed by atoms with Crippen molar-refractivity contribution in [2.75, 3.05) is 16.8 Å². The summed E-state index contributed by atoms with van der Waals surface area (Å²) in [7, 11) is 0. The van der Waals surface area contributed by atoms with Crippen LogP contribution >= 0.6 is 11.6 Å². The number of amides is 2. The first-order valence-corrected chi connectivity index (χ1v) is 9.78. The first-order valence-electron chi connectivity index (χ1n) is 9.41. The van der Waals surface area contributed by atoms with Gasteiger partial charge in [0.05, 0.1) is 28.6 Å². The highest BCUT2D eigenvalue weighted by atomic mass is 35.5. The average molecular weight is 409 g/mol. The molecular formula is C22H21ClN4O2. The number of nitrogens with one attached hydrogen (secondary N) is 1. The van der Waals surface area contributed by atoms with Crippen LogP contribution in [0.2, 0.25) is 5.02 Å². The summed E-state index contributed by atoms with van der Waals surface area (Å²) in [5, 5.41) is 3.42. The van der Waals surface area contributed by atoms with E-state index in [0.717, 1.165) is 17.1 Å². The molecule has 2 aromatic carbocycles. The quantitative estimate of drug-likeness (QED) is 0.705. The van der Waals surface area contributed by atoms with Gasteiger partial charge in [0, 0.05) is 30.0 Å². The number of halogens is 1. The van der Waals surface area contributed by atoms with Crippen LogP contribution < -0.4 is 10.2 Å². The number of benzene rings is 2. The molecule has 29 heavy (non-hydrogen) atoms. The second-order valence-corrected chi connectivity index (χ2v) is 7.59. The Morgan fingerprint density at radius 1 is 1.14 bits per heavy atom. The molecule has 4 rings (SSSR count). The second-order valence-electron chi connectivity index (χ2n) is 7.18. The van der Waals surface area contributed by atoms with Crippen LogP contribution in [0.4, 0.5) is 11.4 Å². The Balaban J connectivity index is 1.44. The fraction of sp³-hybridized carbons (Fsp3) is 0.227. The molecule has 1 aliphatic rings. The number of hydrogen-bond acceptors (Lipinski definition) is 3. The monoisotopic (exact) mass is 408 g/mol. The van der Waals surface area contributed by atoms with Gasteiger partial charge in [-0.05, 0) is 50.2 Å². The van der Waals surface area contributed by atoms with Crippen LogP contribution in [0.5, 0.6) is 0 Å². The zero-order chi connectivity index (χ0) is 20.5. The van der Waals surface area contributed by atoms with Gasteiger partial charge in [0.15, 0.2) is 0 Å². The molecule has 0 bridgehead atoms. The Morgan fingerprint density at radius 3 is 2.52 bits per heavy atom. The number of carbonyl (C=O) groups excluding carboxylic acids is 2. The lowest BCUT2D eigenvalue weighted by Crippen LogP contribution is -2.28. The Labute approximate surface area is 174 Å². The normalized spacial score (nSPS) is 16.3. The third-order valence-electron chi connectivity index (χ3n) is 5.30. The molecule has 2 amide bonds. The maximum Gasteiger partial charge on any atom is 0.229 e. The van der Waals surface area contributed by atoms with E-state index in [0.29, 0.717) is 22.9 Å². The van der Waals surface area contributed by atoms with Gasteiger partial charge in [-0.1, -0.05) is 23.7 Å². The van der Waals surface area contributed by atoms with Crippen LogP contribution in [0.25, 0.3) is 5.69 Å². The number of para-hydroxylation sites is 1. The van der Waals surface area contributed by atoms with E-state index in [1.165, 1.54) is 0 Å². The highest BCUT2D eigenvalue weighted by molar-refractivity contribution is 6.33. The lowest BCUT2D eigenvalue weighted by Gasteiger charge is -2.18. The largest absolute Gasteiger partial charge is 0.326 e. The Hall–Kier alpha value is -3.12. The minimum Gasteiger partial charge on any atom is -0.326 e. The molecule has 0 radical (unpaired) electrons. The number of imidazole rings is 1. The highest BCUT2D eigenvalue weighted by Crippen LogP contribution is 2.31. The molecule has 7 heteroatoms. The molecule has 1 saturated heterocycles. The molecule has 3 aromatic rings. The molecule has 1 atom stereocenters. The molecule has 148 valence electrons. The summed E-state index contributed by atoms with van der Waals surface area (Å²) in [6.07, 6.45) is 1.95. The van der Waals surface area contributed by atoms with Gasteiger partial charge in [-0.2, -0.15) is 0 Å². The van der Waals surface area contributed by atoms with Crippen LogP contribution in [0, 0.1) is 19.8 Å². The van der Waals surface area contributed by atoms with Crippen LogP contribution in [0.3, 0.4) is 0 Å². The number of aryl methyl sites for hydroxylation is 1. The van der Waals surface area contributed by atoms with E-state index in [-0.39, 0.29) is 18.2 Å². The third kappa shape index (κ3) is 3.76. The summed E-state index contributed by atoms with van der Waals surface area (Å²) >= 11 is 6.20. The molecule has 1 unspecified atom stereocenters. The maximum atomic E-state index is 12.7. The molecule has 2 heterocycles. The van der Waals surface area contributed by atoms with Gasteiger partial charge in [-0.3, -0.25) is 9.59 Å². The van der Waals surface area contributed by atoms with E-state index in [1.54, 1.807) is 23.4 Å². The van der Waals surface area contributed by atoms with Crippen molar-refractivity contribution in [3.05, 3.63) is 71.3 Å². The van der Waals surface area contributed by atoms with Gasteiger partial charge in [0.25, 0.3) is 0 Å². The maximum absolute atomic E-state index is 12.7. The fourth-order valence-corrected chi connectivity index (χ4v) is 3.73. The summed E-state index contributed by atoms with van der Waals surface area (Å²) in [6, 6.07) is 14.7. The topological polar surface area (TPSA) is 67.2 Å². The van der Waals surface area contributed by atoms with Crippen molar-refractivity contribution >= 4 is 34.8 Å². The van der Waals surface area contributed by atoms with Crippen LogP contribution in [-0.2, 0) is 9.59 Å². The summed E-state index contributed by atoms with van der Waals surface area (Å²) in [4.78, 5) is 31.0. The summed E-state index contributed by atoms with van der Waals surface area (Å²) in [5.74, 6) is -0.688. The minimum absolute atomic E-state index is 0.0976. The Kier molecular flexibility index (Phi) is 5.11. The first-order chi connectivity index (χ1) is 13.9. The minimum atomic E-state index is -0.419. The molecular weight excluding hydrogens is 388 g/mol. The smallest absolute Gasteiger partial charge is 0.229 e. The number of aromatic nitrogens is 2. The lowest BCUT2D eigenvalue weighted by atomic mass is 10.1. The zero-order valence-electron chi connectivity index (χ0n) is 16.2. The summed E-state index contributed by atoms with van der Waals surface area (Å²) in [6.45, 7) is 4.30. The molecule has 6 nitrogen and oxygen atoms in total. The van der Waals surface area contributed by atoms with Gasteiger partial charge in [-0.25, -0.2) is 4.98 Å². The third-order valence-corrected chi connectivity index (χ3v) is 5.62. The van der Waals surface area contributed by atoms with E-state index < -0.39 is 5.92 Å². The highest BCUT2D eigenvalue weighted by Gasteiger charge is 2.35. The van der Waals surface area contributed by atoms with E-state index in [1.807, 2.05) is 54.8 Å². The molecule has 0 aliphatic carbocycles. The van der Waals surface area contributed by atoms with Crippen molar-refractivity contribution in [3.8, 4) is 5.69 Å². The molecule has 0 spiro atoms. The fourth-order valence-electron chi connectivity index (χ4n) is 3.50. The van der Waals surface area contributed by atoms with Crippen molar-refractivity contribution in [3.63, 3.8) is 0 Å². The Bertz CT molecular complexity index is 1070. The molecule has 1 fully saturated rings. The van der Waals surface area contributed by atoms with Gasteiger partial charge >= 0.3 is 0 Å².